The van der Waals surface area contributed by atoms with Gasteiger partial charge in [0.15, 0.2) is 0 Å². The minimum atomic E-state index is -0.410. The number of nitrogens with zero attached hydrogens (tertiary/aromatic N) is 1. The first kappa shape index (κ1) is 15.7. The molecular weight excluding hydrogens is 266 g/mol. The van der Waals surface area contributed by atoms with E-state index in [9.17, 15) is 9.59 Å². The number of benzene rings is 1. The van der Waals surface area contributed by atoms with Crippen molar-refractivity contribution in [2.75, 3.05) is 13.2 Å². The lowest BCUT2D eigenvalue weighted by molar-refractivity contribution is -0.147. The number of piperidine rings is 1. The zero-order valence-corrected chi connectivity index (χ0v) is 12.6. The first-order valence-corrected chi connectivity index (χ1v) is 7.58. The van der Waals surface area contributed by atoms with Gasteiger partial charge in [-0.1, -0.05) is 36.8 Å². The molecule has 4 heteroatoms. The second kappa shape index (κ2) is 7.93. The zero-order valence-electron chi connectivity index (χ0n) is 12.6. The molecule has 1 aliphatic rings. The van der Waals surface area contributed by atoms with E-state index in [1.54, 1.807) is 0 Å². The summed E-state index contributed by atoms with van der Waals surface area (Å²) in [7, 11) is 0. The molecule has 114 valence electrons. The van der Waals surface area contributed by atoms with Gasteiger partial charge in [0, 0.05) is 12.6 Å². The van der Waals surface area contributed by atoms with Crippen LogP contribution in [0.3, 0.4) is 0 Å². The quantitative estimate of drug-likeness (QED) is 0.596. The summed E-state index contributed by atoms with van der Waals surface area (Å²) in [4.78, 5) is 24.8. The number of likely N-dealkylation sites (tertiary alicyclic amines) is 1. The van der Waals surface area contributed by atoms with Crippen molar-refractivity contribution in [2.45, 2.75) is 45.2 Å². The molecule has 0 bridgehead atoms. The maximum Gasteiger partial charge on any atom is 0.313 e. The second-order valence-corrected chi connectivity index (χ2v) is 5.67. The Labute approximate surface area is 126 Å². The van der Waals surface area contributed by atoms with Gasteiger partial charge in [0.05, 0.1) is 0 Å². The van der Waals surface area contributed by atoms with Gasteiger partial charge in [0.2, 0.25) is 0 Å². The average Bonchev–Trinajstić information content (AvgIpc) is 2.47. The largest absolute Gasteiger partial charge is 0.464 e. The third kappa shape index (κ3) is 5.31. The lowest BCUT2D eigenvalue weighted by atomic mass is 10.0. The summed E-state index contributed by atoms with van der Waals surface area (Å²) in [6, 6.07) is 10.6. The minimum Gasteiger partial charge on any atom is -0.464 e. The molecule has 1 aliphatic heterocycles. The Morgan fingerprint density at radius 1 is 1.24 bits per heavy atom. The molecule has 4 nitrogen and oxygen atoms in total. The number of hydrogen-bond donors (Lipinski definition) is 0. The van der Waals surface area contributed by atoms with Crippen molar-refractivity contribution in [3.8, 4) is 0 Å². The van der Waals surface area contributed by atoms with Crippen LogP contribution in [0.25, 0.3) is 0 Å². The van der Waals surface area contributed by atoms with Crippen molar-refractivity contribution in [1.82, 2.24) is 4.90 Å². The summed E-state index contributed by atoms with van der Waals surface area (Å²) in [5.41, 5.74) is 1.28. The van der Waals surface area contributed by atoms with E-state index in [0.717, 1.165) is 19.5 Å². The Morgan fingerprint density at radius 3 is 2.71 bits per heavy atom. The van der Waals surface area contributed by atoms with Crippen molar-refractivity contribution in [1.29, 1.82) is 0 Å². The molecule has 21 heavy (non-hydrogen) atoms. The molecule has 1 fully saturated rings. The van der Waals surface area contributed by atoms with Crippen LogP contribution in [0.15, 0.2) is 30.3 Å². The second-order valence-electron chi connectivity index (χ2n) is 5.67. The molecule has 1 heterocycles. The molecule has 1 saturated heterocycles. The normalized spacial score (nSPS) is 19.2. The van der Waals surface area contributed by atoms with Crippen LogP contribution in [0.5, 0.6) is 0 Å². The fourth-order valence-corrected chi connectivity index (χ4v) is 2.72. The summed E-state index contributed by atoms with van der Waals surface area (Å²) in [5.74, 6) is -0.558. The lowest BCUT2D eigenvalue weighted by Crippen LogP contribution is -2.42. The summed E-state index contributed by atoms with van der Waals surface area (Å²) in [6.07, 6.45) is 3.27. The lowest BCUT2D eigenvalue weighted by Gasteiger charge is -2.35. The standard InChI is InChI=1S/C17H23NO3/c1-14(19)11-17(20)21-13-16-9-5-6-10-18(16)12-15-7-3-2-4-8-15/h2-4,7-8,16H,5-6,9-13H2,1H3. The highest BCUT2D eigenvalue weighted by molar-refractivity contribution is 5.94. The van der Waals surface area contributed by atoms with E-state index in [1.807, 2.05) is 18.2 Å². The highest BCUT2D eigenvalue weighted by Crippen LogP contribution is 2.20. The Hall–Kier alpha value is -1.68. The van der Waals surface area contributed by atoms with E-state index in [0.29, 0.717) is 6.61 Å². The molecule has 0 amide bonds. The average molecular weight is 289 g/mol. The summed E-state index contributed by atoms with van der Waals surface area (Å²) >= 11 is 0. The zero-order chi connectivity index (χ0) is 15.1. The molecule has 0 aliphatic carbocycles. The highest BCUT2D eigenvalue weighted by atomic mass is 16.5. The predicted octanol–water partition coefficient (Wildman–Crippen LogP) is 2.56. The van der Waals surface area contributed by atoms with Crippen molar-refractivity contribution in [2.24, 2.45) is 0 Å². The number of carbonyl (C=O) groups excluding carboxylic acids is 2. The number of Topliss-reactive ketones (excluding diaryl/α,β-unsaturated/α-hetero) is 1. The molecule has 0 saturated carbocycles. The number of ether oxygens (including phenoxy) is 1. The van der Waals surface area contributed by atoms with Gasteiger partial charge in [-0.05, 0) is 31.9 Å². The number of carbonyl (C=O) groups is 2. The van der Waals surface area contributed by atoms with Crippen LogP contribution >= 0.6 is 0 Å². The molecule has 1 aromatic rings. The topological polar surface area (TPSA) is 46.6 Å². The van der Waals surface area contributed by atoms with E-state index in [2.05, 4.69) is 17.0 Å². The van der Waals surface area contributed by atoms with Gasteiger partial charge in [-0.25, -0.2) is 0 Å². The van der Waals surface area contributed by atoms with E-state index in [4.69, 9.17) is 4.74 Å². The number of rotatable bonds is 6. The van der Waals surface area contributed by atoms with Crippen LogP contribution < -0.4 is 0 Å². The Balaban J connectivity index is 1.87. The maximum atomic E-state index is 11.5. The van der Waals surface area contributed by atoms with Gasteiger partial charge in [0.1, 0.15) is 18.8 Å². The first-order valence-electron chi connectivity index (χ1n) is 7.58. The van der Waals surface area contributed by atoms with Crippen molar-refractivity contribution >= 4 is 11.8 Å². The monoisotopic (exact) mass is 289 g/mol. The summed E-state index contributed by atoms with van der Waals surface area (Å²) in [5, 5.41) is 0. The van der Waals surface area contributed by atoms with Gasteiger partial charge >= 0.3 is 5.97 Å². The fraction of sp³-hybridized carbons (Fsp3) is 0.529. The first-order chi connectivity index (χ1) is 10.1. The van der Waals surface area contributed by atoms with Gasteiger partial charge < -0.3 is 4.74 Å². The minimum absolute atomic E-state index is 0.120. The Morgan fingerprint density at radius 2 is 2.00 bits per heavy atom. The Bertz CT molecular complexity index is 472. The van der Waals surface area contributed by atoms with Crippen LogP contribution in [0.4, 0.5) is 0 Å². The van der Waals surface area contributed by atoms with Gasteiger partial charge in [-0.15, -0.1) is 0 Å². The molecule has 0 N–H and O–H groups in total. The van der Waals surface area contributed by atoms with Crippen molar-refractivity contribution < 1.29 is 14.3 Å². The van der Waals surface area contributed by atoms with Gasteiger partial charge in [-0.2, -0.15) is 0 Å². The molecule has 0 aromatic heterocycles. The predicted molar refractivity (Wildman–Crippen MR) is 80.7 cm³/mol. The fourth-order valence-electron chi connectivity index (χ4n) is 2.72. The molecule has 1 aromatic carbocycles. The molecule has 0 radical (unpaired) electrons. The molecular formula is C17H23NO3. The van der Waals surface area contributed by atoms with Crippen molar-refractivity contribution in [3.63, 3.8) is 0 Å². The van der Waals surface area contributed by atoms with Gasteiger partial charge in [-0.3, -0.25) is 14.5 Å². The van der Waals surface area contributed by atoms with E-state index >= 15 is 0 Å². The molecule has 1 unspecified atom stereocenters. The molecule has 0 spiro atoms. The van der Waals surface area contributed by atoms with E-state index in [-0.39, 0.29) is 18.2 Å². The number of esters is 1. The third-order valence-electron chi connectivity index (χ3n) is 3.81. The van der Waals surface area contributed by atoms with Crippen LogP contribution in [-0.4, -0.2) is 35.8 Å². The summed E-state index contributed by atoms with van der Waals surface area (Å²) < 4.78 is 5.26. The highest BCUT2D eigenvalue weighted by Gasteiger charge is 2.23. The van der Waals surface area contributed by atoms with Crippen molar-refractivity contribution in [3.05, 3.63) is 35.9 Å². The molecule has 2 rings (SSSR count). The third-order valence-corrected chi connectivity index (χ3v) is 3.81. The van der Waals surface area contributed by atoms with E-state index < -0.39 is 5.97 Å². The van der Waals surface area contributed by atoms with Crippen LogP contribution in [0, 0.1) is 0 Å². The smallest absolute Gasteiger partial charge is 0.313 e. The SMILES string of the molecule is CC(=O)CC(=O)OCC1CCCCN1Cc1ccccc1. The van der Waals surface area contributed by atoms with Crippen LogP contribution in [0.1, 0.15) is 38.2 Å². The molecule has 1 atom stereocenters. The Kier molecular flexibility index (Phi) is 5.93. The van der Waals surface area contributed by atoms with Crippen LogP contribution in [-0.2, 0) is 20.9 Å². The number of ketones is 1. The number of hydrogen-bond acceptors (Lipinski definition) is 4. The van der Waals surface area contributed by atoms with E-state index in [1.165, 1.54) is 25.3 Å². The van der Waals surface area contributed by atoms with Crippen LogP contribution in [0.2, 0.25) is 0 Å². The van der Waals surface area contributed by atoms with Gasteiger partial charge in [0.25, 0.3) is 0 Å². The summed E-state index contributed by atoms with van der Waals surface area (Å²) in [6.45, 7) is 3.71. The maximum absolute atomic E-state index is 11.5.